The summed E-state index contributed by atoms with van der Waals surface area (Å²) >= 11 is 0. The van der Waals surface area contributed by atoms with Crippen molar-refractivity contribution in [3.8, 4) is 0 Å². The van der Waals surface area contributed by atoms with Gasteiger partial charge >= 0.3 is 0 Å². The number of imidazole rings is 1. The Kier molecular flexibility index (Phi) is 3.59. The molecule has 0 aliphatic rings. The summed E-state index contributed by atoms with van der Waals surface area (Å²) in [7, 11) is 0. The molecule has 2 aromatic rings. The molecule has 1 aromatic heterocycles. The minimum atomic E-state index is -0.812. The Labute approximate surface area is 112 Å². The predicted molar refractivity (Wildman–Crippen MR) is 75.7 cm³/mol. The Morgan fingerprint density at radius 3 is 2.79 bits per heavy atom. The van der Waals surface area contributed by atoms with Crippen LogP contribution in [0.15, 0.2) is 30.8 Å². The predicted octanol–water partition coefficient (Wildman–Crippen LogP) is 1.66. The average molecular weight is 261 g/mol. The zero-order chi connectivity index (χ0) is 14.0. The number of aliphatic hydroxyl groups excluding tert-OH is 1. The van der Waals surface area contributed by atoms with E-state index in [2.05, 4.69) is 4.98 Å². The van der Waals surface area contributed by atoms with E-state index in [1.807, 2.05) is 22.8 Å². The van der Waals surface area contributed by atoms with E-state index in [4.69, 9.17) is 10.8 Å². The average Bonchev–Trinajstić information content (AvgIpc) is 2.72. The van der Waals surface area contributed by atoms with Crippen LogP contribution in [0.5, 0.6) is 0 Å². The summed E-state index contributed by atoms with van der Waals surface area (Å²) in [5.41, 5.74) is 8.05. The molecule has 0 radical (unpaired) electrons. The first kappa shape index (κ1) is 13.6. The Hall–Kier alpha value is -1.85. The fraction of sp³-hybridized carbons (Fsp3) is 0.357. The van der Waals surface area contributed by atoms with Gasteiger partial charge in [0, 0.05) is 12.1 Å². The number of aromatic nitrogens is 2. The van der Waals surface area contributed by atoms with Gasteiger partial charge in [-0.1, -0.05) is 6.07 Å². The molecular weight excluding hydrogens is 242 g/mol. The maximum Gasteiger partial charge on any atom is 0.0959 e. The van der Waals surface area contributed by atoms with Crippen molar-refractivity contribution in [1.29, 1.82) is 0 Å². The lowest BCUT2D eigenvalue weighted by Gasteiger charge is -2.18. The van der Waals surface area contributed by atoms with Gasteiger partial charge in [0.15, 0.2) is 0 Å². The molecule has 0 aliphatic heterocycles. The van der Waals surface area contributed by atoms with Crippen LogP contribution in [-0.2, 0) is 6.54 Å². The first-order chi connectivity index (χ1) is 8.94. The molecule has 0 spiro atoms. The molecular formula is C14H19N3O2. The smallest absolute Gasteiger partial charge is 0.0959 e. The van der Waals surface area contributed by atoms with E-state index in [1.54, 1.807) is 20.2 Å². The Morgan fingerprint density at radius 2 is 2.21 bits per heavy atom. The van der Waals surface area contributed by atoms with Gasteiger partial charge in [-0.2, -0.15) is 0 Å². The maximum atomic E-state index is 9.90. The number of aliphatic hydroxyl groups is 2. The first-order valence-corrected chi connectivity index (χ1v) is 6.15. The largest absolute Gasteiger partial charge is 0.515 e. The highest BCUT2D eigenvalue weighted by Gasteiger charge is 2.15. The van der Waals surface area contributed by atoms with Crippen molar-refractivity contribution in [1.82, 2.24) is 9.55 Å². The zero-order valence-corrected chi connectivity index (χ0v) is 11.2. The lowest BCUT2D eigenvalue weighted by molar-refractivity contribution is 0.0626. The van der Waals surface area contributed by atoms with Gasteiger partial charge in [-0.25, -0.2) is 4.98 Å². The molecule has 102 valence electrons. The third kappa shape index (κ3) is 2.94. The van der Waals surface area contributed by atoms with Crippen molar-refractivity contribution in [2.24, 2.45) is 5.73 Å². The van der Waals surface area contributed by atoms with Crippen LogP contribution in [0.2, 0.25) is 0 Å². The molecule has 0 atom stereocenters. The van der Waals surface area contributed by atoms with Gasteiger partial charge in [-0.3, -0.25) is 0 Å². The van der Waals surface area contributed by atoms with Gasteiger partial charge in [0.05, 0.1) is 35.8 Å². The summed E-state index contributed by atoms with van der Waals surface area (Å²) in [5, 5.41) is 19.1. The molecule has 0 aliphatic carbocycles. The number of fused-ring (bicyclic) bond motifs is 1. The standard InChI is InChI=1S/C14H19N3O2/c1-14(2,19)8-17-9-16-12-4-3-10(5-13(12)17)11(6-15)7-18/h3-5,7,9,18-19H,6,8,15H2,1-2H3. The molecule has 0 amide bonds. The van der Waals surface area contributed by atoms with Crippen molar-refractivity contribution < 1.29 is 10.2 Å². The van der Waals surface area contributed by atoms with Crippen molar-refractivity contribution in [3.63, 3.8) is 0 Å². The van der Waals surface area contributed by atoms with Crippen molar-refractivity contribution in [3.05, 3.63) is 36.4 Å². The molecule has 5 heteroatoms. The van der Waals surface area contributed by atoms with Gasteiger partial charge in [-0.05, 0) is 31.5 Å². The van der Waals surface area contributed by atoms with E-state index >= 15 is 0 Å². The molecule has 1 aromatic carbocycles. The van der Waals surface area contributed by atoms with Crippen LogP contribution >= 0.6 is 0 Å². The van der Waals surface area contributed by atoms with Gasteiger partial charge in [0.25, 0.3) is 0 Å². The summed E-state index contributed by atoms with van der Waals surface area (Å²) in [6.07, 6.45) is 2.73. The molecule has 19 heavy (non-hydrogen) atoms. The van der Waals surface area contributed by atoms with E-state index in [-0.39, 0.29) is 6.54 Å². The summed E-state index contributed by atoms with van der Waals surface area (Å²) < 4.78 is 1.89. The second-order valence-electron chi connectivity index (χ2n) is 5.25. The van der Waals surface area contributed by atoms with Crippen LogP contribution < -0.4 is 5.73 Å². The molecule has 4 N–H and O–H groups in total. The molecule has 0 saturated heterocycles. The monoisotopic (exact) mass is 261 g/mol. The molecule has 0 fully saturated rings. The molecule has 0 unspecified atom stereocenters. The fourth-order valence-corrected chi connectivity index (χ4v) is 2.04. The summed E-state index contributed by atoms with van der Waals surface area (Å²) in [5.74, 6) is 0. The van der Waals surface area contributed by atoms with E-state index in [1.165, 1.54) is 0 Å². The minimum Gasteiger partial charge on any atom is -0.515 e. The Bertz CT molecular complexity index is 609. The quantitative estimate of drug-likeness (QED) is 0.731. The molecule has 0 bridgehead atoms. The van der Waals surface area contributed by atoms with Crippen LogP contribution in [0.4, 0.5) is 0 Å². The number of hydrogen-bond acceptors (Lipinski definition) is 4. The third-order valence-corrected chi connectivity index (χ3v) is 2.92. The van der Waals surface area contributed by atoms with Crippen LogP contribution in [-0.4, -0.2) is 31.9 Å². The lowest BCUT2D eigenvalue weighted by Crippen LogP contribution is -2.25. The van der Waals surface area contributed by atoms with Crippen LogP contribution in [0.1, 0.15) is 19.4 Å². The first-order valence-electron chi connectivity index (χ1n) is 6.15. The highest BCUT2D eigenvalue weighted by molar-refractivity contribution is 5.81. The summed E-state index contributed by atoms with van der Waals surface area (Å²) in [6, 6.07) is 5.67. The minimum absolute atomic E-state index is 0.266. The second-order valence-corrected chi connectivity index (χ2v) is 5.25. The second kappa shape index (κ2) is 5.03. The molecule has 5 nitrogen and oxygen atoms in total. The number of rotatable bonds is 4. The van der Waals surface area contributed by atoms with Crippen LogP contribution in [0.3, 0.4) is 0 Å². The van der Waals surface area contributed by atoms with E-state index in [0.29, 0.717) is 12.1 Å². The van der Waals surface area contributed by atoms with Crippen LogP contribution in [0, 0.1) is 0 Å². The Balaban J connectivity index is 2.48. The summed E-state index contributed by atoms with van der Waals surface area (Å²) in [4.78, 5) is 4.29. The topological polar surface area (TPSA) is 84.3 Å². The molecule has 2 rings (SSSR count). The van der Waals surface area contributed by atoms with Crippen molar-refractivity contribution >= 4 is 16.6 Å². The van der Waals surface area contributed by atoms with E-state index in [0.717, 1.165) is 22.9 Å². The number of nitrogens with two attached hydrogens (primary N) is 1. The van der Waals surface area contributed by atoms with Crippen molar-refractivity contribution in [2.45, 2.75) is 26.0 Å². The van der Waals surface area contributed by atoms with Gasteiger partial charge in [-0.15, -0.1) is 0 Å². The molecule has 0 saturated carbocycles. The summed E-state index contributed by atoms with van der Waals surface area (Å²) in [6.45, 7) is 4.22. The Morgan fingerprint density at radius 1 is 1.47 bits per heavy atom. The number of benzene rings is 1. The van der Waals surface area contributed by atoms with Gasteiger partial charge < -0.3 is 20.5 Å². The number of hydrogen-bond donors (Lipinski definition) is 3. The maximum absolute atomic E-state index is 9.90. The van der Waals surface area contributed by atoms with Gasteiger partial charge in [0.2, 0.25) is 0 Å². The van der Waals surface area contributed by atoms with E-state index in [9.17, 15) is 5.11 Å². The SMILES string of the molecule is CC(C)(O)Cn1cnc2ccc(C(=CO)CN)cc21. The normalized spacial score (nSPS) is 13.2. The van der Waals surface area contributed by atoms with Crippen LogP contribution in [0.25, 0.3) is 16.6 Å². The van der Waals surface area contributed by atoms with E-state index < -0.39 is 5.60 Å². The third-order valence-electron chi connectivity index (χ3n) is 2.92. The highest BCUT2D eigenvalue weighted by Crippen LogP contribution is 2.21. The van der Waals surface area contributed by atoms with Crippen molar-refractivity contribution in [2.75, 3.05) is 6.54 Å². The van der Waals surface area contributed by atoms with Gasteiger partial charge in [0.1, 0.15) is 0 Å². The fourth-order valence-electron chi connectivity index (χ4n) is 2.04. The zero-order valence-electron chi connectivity index (χ0n) is 11.2. The number of nitrogens with zero attached hydrogens (tertiary/aromatic N) is 2. The highest BCUT2D eigenvalue weighted by atomic mass is 16.3. The lowest BCUT2D eigenvalue weighted by atomic mass is 10.1. The molecule has 1 heterocycles.